The van der Waals surface area contributed by atoms with Gasteiger partial charge in [0.2, 0.25) is 5.91 Å². The Labute approximate surface area is 227 Å². The van der Waals surface area contributed by atoms with E-state index in [4.69, 9.17) is 4.74 Å². The fraction of sp³-hybridized carbons (Fsp3) is 0.759. The maximum absolute atomic E-state index is 13.1. The maximum Gasteiger partial charge on any atom is 0.221 e. The highest BCUT2D eigenvalue weighted by Gasteiger charge is 2.30. The van der Waals surface area contributed by atoms with E-state index in [1.807, 2.05) is 33.0 Å². The van der Waals surface area contributed by atoms with Gasteiger partial charge in [0.25, 0.3) is 0 Å². The monoisotopic (exact) mass is 534 g/mol. The van der Waals surface area contributed by atoms with Crippen LogP contribution in [0.1, 0.15) is 69.9 Å². The van der Waals surface area contributed by atoms with Crippen LogP contribution in [0.5, 0.6) is 5.75 Å². The molecule has 2 aliphatic rings. The third kappa shape index (κ3) is 8.50. The number of rotatable bonds is 12. The smallest absolute Gasteiger partial charge is 0.221 e. The molecule has 0 bridgehead atoms. The van der Waals surface area contributed by atoms with Gasteiger partial charge in [-0.2, -0.15) is 0 Å². The molecule has 1 heterocycles. The molecule has 2 fully saturated rings. The lowest BCUT2D eigenvalue weighted by atomic mass is 9.87. The van der Waals surface area contributed by atoms with Crippen LogP contribution >= 0.6 is 0 Å². The summed E-state index contributed by atoms with van der Waals surface area (Å²) >= 11 is 0. The topological polar surface area (TPSA) is 65.1 Å². The van der Waals surface area contributed by atoms with Gasteiger partial charge in [0, 0.05) is 38.6 Å². The van der Waals surface area contributed by atoms with Crippen LogP contribution in [0.25, 0.3) is 0 Å². The van der Waals surface area contributed by atoms with Crippen LogP contribution in [0.4, 0.5) is 0 Å². The van der Waals surface area contributed by atoms with E-state index in [-0.39, 0.29) is 11.9 Å². The lowest BCUT2D eigenvalue weighted by Gasteiger charge is -2.41. The van der Waals surface area contributed by atoms with Crippen molar-refractivity contribution in [1.29, 1.82) is 0 Å². The van der Waals surface area contributed by atoms with Gasteiger partial charge in [-0.25, -0.2) is 8.51 Å². The first kappa shape index (κ1) is 30.1. The zero-order valence-electron chi connectivity index (χ0n) is 24.1. The highest BCUT2D eigenvalue weighted by molar-refractivity contribution is 7.82. The number of carbonyl (C=O) groups excluding carboxylic acids is 1. The first-order valence-electron chi connectivity index (χ1n) is 14.3. The second-order valence-electron chi connectivity index (χ2n) is 11.0. The predicted octanol–water partition coefficient (Wildman–Crippen LogP) is 4.14. The molecule has 0 radical (unpaired) electrons. The number of carbonyl (C=O) groups is 1. The molecule has 1 saturated carbocycles. The summed E-state index contributed by atoms with van der Waals surface area (Å²) in [5, 5.41) is 3.25. The number of benzene rings is 1. The van der Waals surface area contributed by atoms with Crippen molar-refractivity contribution in [2.45, 2.75) is 89.6 Å². The van der Waals surface area contributed by atoms with E-state index in [2.05, 4.69) is 29.0 Å². The molecule has 0 spiro atoms. The van der Waals surface area contributed by atoms with Crippen LogP contribution in [-0.4, -0.2) is 89.7 Å². The van der Waals surface area contributed by atoms with Crippen molar-refractivity contribution in [3.05, 3.63) is 23.3 Å². The van der Waals surface area contributed by atoms with E-state index in [0.717, 1.165) is 53.6 Å². The Morgan fingerprint density at radius 2 is 1.65 bits per heavy atom. The third-order valence-corrected chi connectivity index (χ3v) is 10.2. The van der Waals surface area contributed by atoms with Gasteiger partial charge in [-0.05, 0) is 108 Å². The van der Waals surface area contributed by atoms with Crippen molar-refractivity contribution in [1.82, 2.24) is 19.4 Å². The molecular weight excluding hydrogens is 484 g/mol. The number of aryl methyl sites for hydroxylation is 2. The van der Waals surface area contributed by atoms with Gasteiger partial charge in [0.1, 0.15) is 16.7 Å². The zero-order valence-corrected chi connectivity index (χ0v) is 24.9. The van der Waals surface area contributed by atoms with E-state index in [0.29, 0.717) is 19.0 Å². The molecule has 1 amide bonds. The molecule has 37 heavy (non-hydrogen) atoms. The first-order valence-corrected chi connectivity index (χ1v) is 15.4. The molecule has 1 N–H and O–H groups in total. The summed E-state index contributed by atoms with van der Waals surface area (Å²) in [5.74, 6) is 1.68. The van der Waals surface area contributed by atoms with E-state index in [9.17, 15) is 9.00 Å². The Morgan fingerprint density at radius 1 is 1.05 bits per heavy atom. The number of ether oxygens (including phenoxy) is 1. The average Bonchev–Trinajstić information content (AvgIpc) is 2.90. The second kappa shape index (κ2) is 14.6. The van der Waals surface area contributed by atoms with Crippen molar-refractivity contribution in [2.75, 3.05) is 53.4 Å². The SMILES string of the molecule is CCN(CC)CC1CCN(C2CCC(NC(=O)CCN(C)S(=O)c3c(C)cc(OC)cc3C)CC2)CC1. The summed E-state index contributed by atoms with van der Waals surface area (Å²) in [4.78, 5) is 18.8. The van der Waals surface area contributed by atoms with Gasteiger partial charge in [-0.3, -0.25) is 4.79 Å². The molecule has 3 rings (SSSR count). The van der Waals surface area contributed by atoms with Crippen LogP contribution in [0.2, 0.25) is 0 Å². The van der Waals surface area contributed by atoms with Crippen molar-refractivity contribution in [3.8, 4) is 5.75 Å². The molecule has 1 atom stereocenters. The van der Waals surface area contributed by atoms with Gasteiger partial charge in [0.05, 0.1) is 12.0 Å². The number of hydrogen-bond donors (Lipinski definition) is 1. The fourth-order valence-electron chi connectivity index (χ4n) is 6.03. The molecular formula is C29H50N4O3S. The van der Waals surface area contributed by atoms with Gasteiger partial charge in [-0.15, -0.1) is 0 Å². The molecule has 1 aromatic rings. The zero-order chi connectivity index (χ0) is 26.9. The molecule has 1 aromatic carbocycles. The Bertz CT molecular complexity index is 868. The summed E-state index contributed by atoms with van der Waals surface area (Å²) in [6.07, 6.45) is 7.45. The third-order valence-electron chi connectivity index (χ3n) is 8.42. The van der Waals surface area contributed by atoms with Gasteiger partial charge in [-0.1, -0.05) is 13.8 Å². The molecule has 1 aliphatic carbocycles. The minimum atomic E-state index is -1.31. The summed E-state index contributed by atoms with van der Waals surface area (Å²) in [5.41, 5.74) is 1.88. The number of methoxy groups -OCH3 is 1. The van der Waals surface area contributed by atoms with E-state index < -0.39 is 11.0 Å². The van der Waals surface area contributed by atoms with Gasteiger partial charge in [0.15, 0.2) is 0 Å². The minimum absolute atomic E-state index is 0.0627. The Kier molecular flexibility index (Phi) is 11.9. The highest BCUT2D eigenvalue weighted by Crippen LogP contribution is 2.28. The minimum Gasteiger partial charge on any atom is -0.497 e. The standard InChI is InChI=1S/C29H50N4O3S/c1-7-32(8-2)21-24-13-17-33(18-14-24)26-11-9-25(10-12-26)30-28(34)15-16-31(5)37(35)29-22(3)19-27(36-6)20-23(29)4/h19-20,24-26H,7-18,21H2,1-6H3,(H,30,34). The molecule has 0 aromatic heterocycles. The normalized spacial score (nSPS) is 22.4. The fourth-order valence-corrected chi connectivity index (χ4v) is 7.27. The van der Waals surface area contributed by atoms with E-state index >= 15 is 0 Å². The quantitative estimate of drug-likeness (QED) is 0.437. The van der Waals surface area contributed by atoms with Crippen molar-refractivity contribution in [2.24, 2.45) is 5.92 Å². The maximum atomic E-state index is 13.1. The summed E-state index contributed by atoms with van der Waals surface area (Å²) in [7, 11) is 2.15. The lowest BCUT2D eigenvalue weighted by molar-refractivity contribution is -0.122. The van der Waals surface area contributed by atoms with Crippen LogP contribution in [0.15, 0.2) is 17.0 Å². The van der Waals surface area contributed by atoms with E-state index in [1.54, 1.807) is 11.4 Å². The number of amides is 1. The number of nitrogens with zero attached hydrogens (tertiary/aromatic N) is 3. The lowest BCUT2D eigenvalue weighted by Crippen LogP contribution is -2.47. The Morgan fingerprint density at radius 3 is 2.19 bits per heavy atom. The predicted molar refractivity (Wildman–Crippen MR) is 152 cm³/mol. The summed E-state index contributed by atoms with van der Waals surface area (Å²) < 4.78 is 20.2. The molecule has 210 valence electrons. The molecule has 1 aliphatic heterocycles. The second-order valence-corrected chi connectivity index (χ2v) is 12.5. The summed E-state index contributed by atoms with van der Waals surface area (Å²) in [6.45, 7) is 14.9. The largest absolute Gasteiger partial charge is 0.497 e. The number of hydrogen-bond acceptors (Lipinski definition) is 5. The number of nitrogens with one attached hydrogen (secondary N) is 1. The highest BCUT2D eigenvalue weighted by atomic mass is 32.2. The van der Waals surface area contributed by atoms with Gasteiger partial charge >= 0.3 is 0 Å². The van der Waals surface area contributed by atoms with Crippen molar-refractivity contribution in [3.63, 3.8) is 0 Å². The van der Waals surface area contributed by atoms with Crippen LogP contribution < -0.4 is 10.1 Å². The Hall–Kier alpha value is -1.48. The average molecular weight is 535 g/mol. The molecule has 8 heteroatoms. The Balaban J connectivity index is 1.37. The number of piperidine rings is 1. The van der Waals surface area contributed by atoms with Gasteiger partial charge < -0.3 is 19.9 Å². The van der Waals surface area contributed by atoms with E-state index in [1.165, 1.54) is 45.3 Å². The molecule has 1 unspecified atom stereocenters. The van der Waals surface area contributed by atoms with Crippen molar-refractivity contribution >= 4 is 16.9 Å². The van der Waals surface area contributed by atoms with Crippen LogP contribution in [-0.2, 0) is 15.8 Å². The molecule has 1 saturated heterocycles. The molecule has 7 nitrogen and oxygen atoms in total. The van der Waals surface area contributed by atoms with Crippen molar-refractivity contribution < 1.29 is 13.7 Å². The van der Waals surface area contributed by atoms with Crippen LogP contribution in [0.3, 0.4) is 0 Å². The van der Waals surface area contributed by atoms with Crippen LogP contribution in [0, 0.1) is 19.8 Å². The number of likely N-dealkylation sites (tertiary alicyclic amines) is 1. The first-order chi connectivity index (χ1) is 17.7. The summed E-state index contributed by atoms with van der Waals surface area (Å²) in [6, 6.07) is 4.76.